The van der Waals surface area contributed by atoms with Gasteiger partial charge >= 0.3 is 0 Å². The van der Waals surface area contributed by atoms with Crippen LogP contribution in [0.1, 0.15) is 19.6 Å². The third kappa shape index (κ3) is 5.08. The maximum Gasteiger partial charge on any atom is 0.261 e. The van der Waals surface area contributed by atoms with E-state index in [4.69, 9.17) is 0 Å². The quantitative estimate of drug-likeness (QED) is 0.643. The van der Waals surface area contributed by atoms with E-state index >= 15 is 0 Å². The summed E-state index contributed by atoms with van der Waals surface area (Å²) in [5, 5.41) is 3.74. The average molecular weight is 396 g/mol. The standard InChI is InChI=1S/C16H17N3O3S3/c1-25(21,22)18-9-8-11-6-7-14(23-11)16(20)17-10-15-19-12-4-2-3-5-13(12)24-15/h2-7,18H,8-10H2,1H3,(H,17,20). The Labute approximate surface area is 154 Å². The number of carbonyl (C=O) groups excluding carboxylic acids is 1. The number of aromatic nitrogens is 1. The molecule has 0 atom stereocenters. The normalized spacial score (nSPS) is 11.7. The van der Waals surface area contributed by atoms with Crippen LogP contribution in [0.2, 0.25) is 0 Å². The molecule has 0 saturated carbocycles. The molecule has 25 heavy (non-hydrogen) atoms. The van der Waals surface area contributed by atoms with E-state index in [0.29, 0.717) is 24.4 Å². The van der Waals surface area contributed by atoms with Crippen molar-refractivity contribution in [2.24, 2.45) is 0 Å². The summed E-state index contributed by atoms with van der Waals surface area (Å²) in [5.74, 6) is -0.147. The van der Waals surface area contributed by atoms with Gasteiger partial charge in [0, 0.05) is 11.4 Å². The number of fused-ring (bicyclic) bond motifs is 1. The van der Waals surface area contributed by atoms with Crippen LogP contribution in [-0.2, 0) is 23.0 Å². The van der Waals surface area contributed by atoms with Crippen LogP contribution in [0.4, 0.5) is 0 Å². The number of hydrogen-bond donors (Lipinski definition) is 2. The Hall–Kier alpha value is -1.81. The molecular weight excluding hydrogens is 378 g/mol. The first-order valence-corrected chi connectivity index (χ1v) is 11.1. The molecule has 2 heterocycles. The second-order valence-electron chi connectivity index (χ2n) is 5.44. The third-order valence-electron chi connectivity index (χ3n) is 3.36. The number of nitrogens with one attached hydrogen (secondary N) is 2. The summed E-state index contributed by atoms with van der Waals surface area (Å²) >= 11 is 2.93. The van der Waals surface area contributed by atoms with Crippen molar-refractivity contribution < 1.29 is 13.2 Å². The van der Waals surface area contributed by atoms with Gasteiger partial charge in [-0.2, -0.15) is 0 Å². The van der Waals surface area contributed by atoms with Crippen LogP contribution in [0, 0.1) is 0 Å². The number of thiophene rings is 1. The Bertz CT molecular complexity index is 959. The van der Waals surface area contributed by atoms with Crippen molar-refractivity contribution in [2.45, 2.75) is 13.0 Å². The van der Waals surface area contributed by atoms with E-state index in [9.17, 15) is 13.2 Å². The van der Waals surface area contributed by atoms with Crippen molar-refractivity contribution in [1.82, 2.24) is 15.0 Å². The van der Waals surface area contributed by atoms with E-state index in [1.165, 1.54) is 11.3 Å². The van der Waals surface area contributed by atoms with Gasteiger partial charge in [-0.25, -0.2) is 18.1 Å². The third-order valence-corrected chi connectivity index (χ3v) is 6.27. The number of thiazole rings is 1. The van der Waals surface area contributed by atoms with Crippen LogP contribution in [0.15, 0.2) is 36.4 Å². The highest BCUT2D eigenvalue weighted by molar-refractivity contribution is 7.88. The Kier molecular flexibility index (Phi) is 5.48. The van der Waals surface area contributed by atoms with E-state index in [1.54, 1.807) is 17.4 Å². The zero-order valence-electron chi connectivity index (χ0n) is 13.5. The van der Waals surface area contributed by atoms with Gasteiger partial charge in [-0.3, -0.25) is 4.79 Å². The monoisotopic (exact) mass is 395 g/mol. The van der Waals surface area contributed by atoms with Gasteiger partial charge in [-0.05, 0) is 30.7 Å². The summed E-state index contributed by atoms with van der Waals surface area (Å²) in [4.78, 5) is 18.3. The minimum absolute atomic E-state index is 0.147. The zero-order valence-corrected chi connectivity index (χ0v) is 15.9. The molecule has 0 unspecified atom stereocenters. The van der Waals surface area contributed by atoms with Gasteiger partial charge in [0.05, 0.1) is 27.9 Å². The van der Waals surface area contributed by atoms with Crippen LogP contribution in [-0.4, -0.2) is 32.1 Å². The van der Waals surface area contributed by atoms with E-state index in [-0.39, 0.29) is 5.91 Å². The molecule has 0 bridgehead atoms. The number of hydrogen-bond acceptors (Lipinski definition) is 6. The minimum atomic E-state index is -3.18. The van der Waals surface area contributed by atoms with E-state index < -0.39 is 10.0 Å². The topological polar surface area (TPSA) is 88.2 Å². The molecule has 0 aliphatic carbocycles. The van der Waals surface area contributed by atoms with Gasteiger partial charge in [0.2, 0.25) is 10.0 Å². The van der Waals surface area contributed by atoms with Crippen LogP contribution < -0.4 is 10.0 Å². The summed E-state index contributed by atoms with van der Waals surface area (Å²) in [6.07, 6.45) is 1.69. The largest absolute Gasteiger partial charge is 0.345 e. The zero-order chi connectivity index (χ0) is 17.9. The van der Waals surface area contributed by atoms with Gasteiger partial charge < -0.3 is 5.32 Å². The highest BCUT2D eigenvalue weighted by atomic mass is 32.2. The lowest BCUT2D eigenvalue weighted by Gasteiger charge is -2.01. The first kappa shape index (κ1) is 18.0. The van der Waals surface area contributed by atoms with Crippen molar-refractivity contribution >= 4 is 48.8 Å². The molecule has 6 nitrogen and oxygen atoms in total. The van der Waals surface area contributed by atoms with E-state index in [1.807, 2.05) is 30.3 Å². The van der Waals surface area contributed by atoms with Crippen molar-refractivity contribution in [3.8, 4) is 0 Å². The van der Waals surface area contributed by atoms with Crippen LogP contribution >= 0.6 is 22.7 Å². The minimum Gasteiger partial charge on any atom is -0.345 e. The summed E-state index contributed by atoms with van der Waals surface area (Å²) < 4.78 is 25.6. The first-order chi connectivity index (χ1) is 11.9. The fraction of sp³-hybridized carbons (Fsp3) is 0.250. The lowest BCUT2D eigenvalue weighted by atomic mass is 10.3. The molecule has 0 aliphatic rings. The molecule has 9 heteroatoms. The Morgan fingerprint density at radius 3 is 2.72 bits per heavy atom. The summed E-state index contributed by atoms with van der Waals surface area (Å²) in [5.41, 5.74) is 0.938. The van der Waals surface area contributed by atoms with E-state index in [0.717, 1.165) is 26.4 Å². The number of rotatable bonds is 7. The fourth-order valence-corrected chi connectivity index (χ4v) is 4.54. The second kappa shape index (κ2) is 7.61. The van der Waals surface area contributed by atoms with Gasteiger partial charge in [0.25, 0.3) is 5.91 Å². The molecule has 0 spiro atoms. The lowest BCUT2D eigenvalue weighted by molar-refractivity contribution is 0.0955. The Morgan fingerprint density at radius 1 is 1.16 bits per heavy atom. The fourth-order valence-electron chi connectivity index (χ4n) is 2.23. The molecule has 0 radical (unpaired) electrons. The van der Waals surface area contributed by atoms with Gasteiger partial charge in [0.15, 0.2) is 0 Å². The number of nitrogens with zero attached hydrogens (tertiary/aromatic N) is 1. The number of amides is 1. The van der Waals surface area contributed by atoms with Crippen molar-refractivity contribution in [3.63, 3.8) is 0 Å². The first-order valence-electron chi connectivity index (χ1n) is 7.57. The van der Waals surface area contributed by atoms with Crippen molar-refractivity contribution in [2.75, 3.05) is 12.8 Å². The lowest BCUT2D eigenvalue weighted by Crippen LogP contribution is -2.24. The molecule has 2 aromatic heterocycles. The molecule has 0 aliphatic heterocycles. The van der Waals surface area contributed by atoms with Gasteiger partial charge in [-0.1, -0.05) is 12.1 Å². The predicted molar refractivity (Wildman–Crippen MR) is 102 cm³/mol. The molecule has 3 aromatic rings. The maximum absolute atomic E-state index is 12.2. The van der Waals surface area contributed by atoms with Gasteiger partial charge in [-0.15, -0.1) is 22.7 Å². The second-order valence-corrected chi connectivity index (χ2v) is 9.56. The SMILES string of the molecule is CS(=O)(=O)NCCc1ccc(C(=O)NCc2nc3ccccc3s2)s1. The smallest absolute Gasteiger partial charge is 0.261 e. The molecule has 132 valence electrons. The molecular formula is C16H17N3O3S3. The number of para-hydroxylation sites is 1. The molecule has 3 rings (SSSR count). The number of sulfonamides is 1. The van der Waals surface area contributed by atoms with E-state index in [2.05, 4.69) is 15.0 Å². The molecule has 2 N–H and O–H groups in total. The van der Waals surface area contributed by atoms with Crippen LogP contribution in [0.25, 0.3) is 10.2 Å². The van der Waals surface area contributed by atoms with Crippen LogP contribution in [0.3, 0.4) is 0 Å². The summed E-state index contributed by atoms with van der Waals surface area (Å²) in [6, 6.07) is 11.5. The summed E-state index contributed by atoms with van der Waals surface area (Å²) in [6.45, 7) is 0.715. The highest BCUT2D eigenvalue weighted by Gasteiger charge is 2.11. The molecule has 1 amide bonds. The molecule has 0 saturated heterocycles. The number of carbonyl (C=O) groups is 1. The molecule has 1 aromatic carbocycles. The molecule has 0 fully saturated rings. The average Bonchev–Trinajstić information content (AvgIpc) is 3.17. The summed E-state index contributed by atoms with van der Waals surface area (Å²) in [7, 11) is -3.18. The Balaban J connectivity index is 1.54. The van der Waals surface area contributed by atoms with Gasteiger partial charge in [0.1, 0.15) is 5.01 Å². The van der Waals surface area contributed by atoms with Crippen LogP contribution in [0.5, 0.6) is 0 Å². The maximum atomic E-state index is 12.2. The van der Waals surface area contributed by atoms with Crippen molar-refractivity contribution in [3.05, 3.63) is 51.2 Å². The van der Waals surface area contributed by atoms with Crippen molar-refractivity contribution in [1.29, 1.82) is 0 Å². The number of benzene rings is 1. The predicted octanol–water partition coefficient (Wildman–Crippen LogP) is 2.38. The highest BCUT2D eigenvalue weighted by Crippen LogP contribution is 2.22. The Morgan fingerprint density at radius 2 is 1.96 bits per heavy atom.